The van der Waals surface area contributed by atoms with E-state index in [-0.39, 0.29) is 17.1 Å². The molecule has 0 spiro atoms. The molecule has 0 saturated carbocycles. The zero-order chi connectivity index (χ0) is 20.7. The molecule has 0 N–H and O–H groups in total. The van der Waals surface area contributed by atoms with E-state index in [1.165, 1.54) is 7.11 Å². The number of ether oxygens (including phenoxy) is 1. The molecule has 1 aliphatic rings. The summed E-state index contributed by atoms with van der Waals surface area (Å²) in [6, 6.07) is 11.6. The van der Waals surface area contributed by atoms with Gasteiger partial charge in [0, 0.05) is 6.54 Å². The van der Waals surface area contributed by atoms with Crippen molar-refractivity contribution in [2.75, 3.05) is 13.7 Å². The van der Waals surface area contributed by atoms with Crippen molar-refractivity contribution in [1.29, 1.82) is 0 Å². The molecular weight excluding hydrogens is 370 g/mol. The van der Waals surface area contributed by atoms with Gasteiger partial charge in [-0.2, -0.15) is 0 Å². The molecule has 1 aliphatic heterocycles. The van der Waals surface area contributed by atoms with Gasteiger partial charge in [-0.1, -0.05) is 30.7 Å². The summed E-state index contributed by atoms with van der Waals surface area (Å²) in [5.41, 5.74) is 2.66. The van der Waals surface area contributed by atoms with Gasteiger partial charge in [0.2, 0.25) is 5.76 Å². The fourth-order valence-corrected chi connectivity index (χ4v) is 3.87. The summed E-state index contributed by atoms with van der Waals surface area (Å²) in [5.74, 6) is -0.629. The van der Waals surface area contributed by atoms with Crippen LogP contribution in [0.5, 0.6) is 0 Å². The van der Waals surface area contributed by atoms with Crippen LogP contribution < -0.4 is 5.43 Å². The Morgan fingerprint density at radius 2 is 1.86 bits per heavy atom. The molecule has 148 valence electrons. The van der Waals surface area contributed by atoms with Crippen LogP contribution >= 0.6 is 0 Å². The zero-order valence-corrected chi connectivity index (χ0v) is 16.5. The van der Waals surface area contributed by atoms with Crippen LogP contribution in [0.25, 0.3) is 11.0 Å². The topological polar surface area (TPSA) is 76.8 Å². The summed E-state index contributed by atoms with van der Waals surface area (Å²) < 4.78 is 10.6. The molecule has 1 amide bonds. The zero-order valence-electron chi connectivity index (χ0n) is 16.5. The normalized spacial score (nSPS) is 15.6. The number of fused-ring (bicyclic) bond motifs is 2. The number of carbonyl (C=O) groups excluding carboxylic acids is 2. The minimum absolute atomic E-state index is 0.0989. The number of esters is 1. The van der Waals surface area contributed by atoms with Gasteiger partial charge in [-0.05, 0) is 43.2 Å². The lowest BCUT2D eigenvalue weighted by molar-refractivity contribution is 0.0600. The summed E-state index contributed by atoms with van der Waals surface area (Å²) in [6.45, 7) is 4.37. The third-order valence-corrected chi connectivity index (χ3v) is 5.23. The maximum Gasteiger partial charge on any atom is 0.337 e. The van der Waals surface area contributed by atoms with Gasteiger partial charge >= 0.3 is 5.97 Å². The van der Waals surface area contributed by atoms with Gasteiger partial charge in [0.1, 0.15) is 5.58 Å². The number of hydrogen-bond donors (Lipinski definition) is 0. The van der Waals surface area contributed by atoms with Crippen molar-refractivity contribution >= 4 is 22.8 Å². The predicted molar refractivity (Wildman–Crippen MR) is 108 cm³/mol. The molecule has 2 heterocycles. The number of aryl methyl sites for hydroxylation is 1. The number of rotatable bonds is 4. The van der Waals surface area contributed by atoms with Crippen molar-refractivity contribution in [2.24, 2.45) is 0 Å². The number of hydrogen-bond acceptors (Lipinski definition) is 5. The lowest BCUT2D eigenvalue weighted by Gasteiger charge is -2.24. The van der Waals surface area contributed by atoms with Gasteiger partial charge in [-0.15, -0.1) is 0 Å². The molecule has 29 heavy (non-hydrogen) atoms. The molecule has 0 radical (unpaired) electrons. The molecule has 0 aliphatic carbocycles. The molecule has 6 heteroatoms. The van der Waals surface area contributed by atoms with Crippen LogP contribution in [0.4, 0.5) is 0 Å². The van der Waals surface area contributed by atoms with Crippen molar-refractivity contribution in [3.8, 4) is 0 Å². The molecule has 0 bridgehead atoms. The van der Waals surface area contributed by atoms with E-state index >= 15 is 0 Å². The molecular formula is C23H21NO5. The molecule has 2 aromatic carbocycles. The Balaban J connectivity index is 1.92. The van der Waals surface area contributed by atoms with E-state index in [0.717, 1.165) is 17.5 Å². The highest BCUT2D eigenvalue weighted by molar-refractivity contribution is 5.99. The summed E-state index contributed by atoms with van der Waals surface area (Å²) in [4.78, 5) is 39.8. The third kappa shape index (κ3) is 3.01. The minimum atomic E-state index is -0.551. The Morgan fingerprint density at radius 1 is 1.14 bits per heavy atom. The predicted octanol–water partition coefficient (Wildman–Crippen LogP) is 3.84. The van der Waals surface area contributed by atoms with E-state index in [9.17, 15) is 14.4 Å². The molecule has 4 rings (SSSR count). The Kier molecular flexibility index (Phi) is 4.70. The molecule has 3 aromatic rings. The highest BCUT2D eigenvalue weighted by Gasteiger charge is 2.42. The van der Waals surface area contributed by atoms with Gasteiger partial charge in [0.05, 0.1) is 29.7 Å². The maximum atomic E-state index is 13.4. The van der Waals surface area contributed by atoms with Gasteiger partial charge < -0.3 is 14.1 Å². The monoisotopic (exact) mass is 391 g/mol. The molecule has 6 nitrogen and oxygen atoms in total. The lowest BCUT2D eigenvalue weighted by Crippen LogP contribution is -2.30. The Bertz CT molecular complexity index is 1180. The lowest BCUT2D eigenvalue weighted by atomic mass is 9.97. The van der Waals surface area contributed by atoms with Crippen LogP contribution in [0.1, 0.15) is 57.0 Å². The van der Waals surface area contributed by atoms with Gasteiger partial charge in [-0.3, -0.25) is 9.59 Å². The van der Waals surface area contributed by atoms with Crippen LogP contribution in [-0.2, 0) is 4.74 Å². The van der Waals surface area contributed by atoms with Crippen molar-refractivity contribution in [3.05, 3.63) is 80.7 Å². The average molecular weight is 391 g/mol. The number of amides is 1. The smallest absolute Gasteiger partial charge is 0.337 e. The first-order valence-electron chi connectivity index (χ1n) is 9.52. The highest BCUT2D eigenvalue weighted by Crippen LogP contribution is 2.38. The highest BCUT2D eigenvalue weighted by atomic mass is 16.5. The maximum absolute atomic E-state index is 13.4. The Hall–Kier alpha value is -3.41. The van der Waals surface area contributed by atoms with Crippen molar-refractivity contribution in [2.45, 2.75) is 26.3 Å². The van der Waals surface area contributed by atoms with E-state index in [1.54, 1.807) is 41.3 Å². The molecule has 0 unspecified atom stereocenters. The van der Waals surface area contributed by atoms with Crippen molar-refractivity contribution in [1.82, 2.24) is 4.90 Å². The molecule has 1 atom stereocenters. The standard InChI is InChI=1S/C23H21NO5/c1-4-11-24-19(14-6-8-15(9-7-14)23(27)28-3)18-20(25)16-12-13(2)5-10-17(16)29-21(18)22(24)26/h5-10,12,19H,4,11H2,1-3H3/t19-/m0/s1. The third-order valence-electron chi connectivity index (χ3n) is 5.23. The van der Waals surface area contributed by atoms with Crippen LogP contribution in [-0.4, -0.2) is 30.4 Å². The SMILES string of the molecule is CCCN1C(=O)c2oc3ccc(C)cc3c(=O)c2[C@@H]1c1ccc(C(=O)OC)cc1. The van der Waals surface area contributed by atoms with Crippen LogP contribution in [0.15, 0.2) is 51.7 Å². The van der Waals surface area contributed by atoms with Crippen LogP contribution in [0.3, 0.4) is 0 Å². The van der Waals surface area contributed by atoms with Crippen molar-refractivity contribution < 1.29 is 18.7 Å². The Labute approximate surface area is 167 Å². The van der Waals surface area contributed by atoms with Gasteiger partial charge in [0.25, 0.3) is 5.91 Å². The first-order chi connectivity index (χ1) is 14.0. The minimum Gasteiger partial charge on any atom is -0.465 e. The van der Waals surface area contributed by atoms with Crippen molar-refractivity contribution in [3.63, 3.8) is 0 Å². The van der Waals surface area contributed by atoms with E-state index in [0.29, 0.717) is 28.6 Å². The summed E-state index contributed by atoms with van der Waals surface area (Å²) in [5, 5.41) is 0.464. The number of carbonyl (C=O) groups is 2. The fourth-order valence-electron chi connectivity index (χ4n) is 3.87. The van der Waals surface area contributed by atoms with Crippen LogP contribution in [0.2, 0.25) is 0 Å². The van der Waals surface area contributed by atoms with E-state index in [2.05, 4.69) is 0 Å². The second-order valence-electron chi connectivity index (χ2n) is 7.19. The first-order valence-corrected chi connectivity index (χ1v) is 9.52. The average Bonchev–Trinajstić information content (AvgIpc) is 3.01. The number of nitrogens with zero attached hydrogens (tertiary/aromatic N) is 1. The Morgan fingerprint density at radius 3 is 2.52 bits per heavy atom. The van der Waals surface area contributed by atoms with Gasteiger partial charge in [0.15, 0.2) is 5.43 Å². The van der Waals surface area contributed by atoms with E-state index in [4.69, 9.17) is 9.15 Å². The second-order valence-corrected chi connectivity index (χ2v) is 7.19. The molecule has 0 saturated heterocycles. The molecule has 0 fully saturated rings. The van der Waals surface area contributed by atoms with E-state index < -0.39 is 12.0 Å². The quantitative estimate of drug-likeness (QED) is 0.632. The molecule has 1 aromatic heterocycles. The fraction of sp³-hybridized carbons (Fsp3) is 0.261. The number of methoxy groups -OCH3 is 1. The number of benzene rings is 2. The first kappa shape index (κ1) is 18.9. The van der Waals surface area contributed by atoms with Gasteiger partial charge in [-0.25, -0.2) is 4.79 Å². The van der Waals surface area contributed by atoms with Crippen LogP contribution in [0, 0.1) is 6.92 Å². The second kappa shape index (κ2) is 7.20. The largest absolute Gasteiger partial charge is 0.465 e. The summed E-state index contributed by atoms with van der Waals surface area (Å²) >= 11 is 0. The summed E-state index contributed by atoms with van der Waals surface area (Å²) in [7, 11) is 1.32. The summed E-state index contributed by atoms with van der Waals surface area (Å²) in [6.07, 6.45) is 0.739. The van der Waals surface area contributed by atoms with E-state index in [1.807, 2.05) is 19.9 Å².